The van der Waals surface area contributed by atoms with E-state index >= 15 is 0 Å². The van der Waals surface area contributed by atoms with Crippen molar-refractivity contribution in [3.63, 3.8) is 0 Å². The zero-order valence-corrected chi connectivity index (χ0v) is 16.9. The summed E-state index contributed by atoms with van der Waals surface area (Å²) in [7, 11) is 2.14. The molecule has 0 aliphatic heterocycles. The highest BCUT2D eigenvalue weighted by atomic mass is 16.3. The zero-order chi connectivity index (χ0) is 18.8. The van der Waals surface area contributed by atoms with Gasteiger partial charge in [-0.3, -0.25) is 4.90 Å². The van der Waals surface area contributed by atoms with Gasteiger partial charge in [-0.15, -0.1) is 0 Å². The van der Waals surface area contributed by atoms with Gasteiger partial charge in [-0.05, 0) is 61.1 Å². The fourth-order valence-corrected chi connectivity index (χ4v) is 3.22. The van der Waals surface area contributed by atoms with Gasteiger partial charge in [-0.25, -0.2) is 0 Å². The summed E-state index contributed by atoms with van der Waals surface area (Å²) in [4.78, 5) is 2.31. The van der Waals surface area contributed by atoms with Gasteiger partial charge in [0, 0.05) is 13.1 Å². The first kappa shape index (κ1) is 19.7. The zero-order valence-electron chi connectivity index (χ0n) is 16.9. The van der Waals surface area contributed by atoms with Crippen LogP contribution in [0.3, 0.4) is 0 Å². The van der Waals surface area contributed by atoms with Crippen molar-refractivity contribution in [2.75, 3.05) is 7.05 Å². The van der Waals surface area contributed by atoms with E-state index in [4.69, 9.17) is 0 Å². The molecule has 0 saturated carbocycles. The molecule has 2 rings (SSSR count). The normalized spacial score (nSPS) is 12.7. The molecule has 2 nitrogen and oxygen atoms in total. The molecule has 2 aromatic rings. The summed E-state index contributed by atoms with van der Waals surface area (Å²) >= 11 is 0. The molecule has 0 aliphatic carbocycles. The second kappa shape index (κ2) is 7.31. The Hall–Kier alpha value is -1.64. The minimum absolute atomic E-state index is 0.194. The molecule has 2 heteroatoms. The standard InChI is InChI=1S/C23H33NO/c1-17-8-9-19(14-21(17)23(5,6)25)16-24(7)15-18-10-12-20(13-11-18)22(2,3)4/h8-14,25H,15-16H2,1-7H3. The number of hydrogen-bond acceptors (Lipinski definition) is 2. The predicted molar refractivity (Wildman–Crippen MR) is 107 cm³/mol. The molecule has 0 aromatic heterocycles. The average Bonchev–Trinajstić information content (AvgIpc) is 2.47. The second-order valence-electron chi connectivity index (χ2n) is 8.83. The van der Waals surface area contributed by atoms with E-state index in [0.29, 0.717) is 0 Å². The van der Waals surface area contributed by atoms with Crippen LogP contribution in [0.1, 0.15) is 62.4 Å². The van der Waals surface area contributed by atoms with Gasteiger partial charge in [0.05, 0.1) is 5.60 Å². The van der Waals surface area contributed by atoms with Gasteiger partial charge >= 0.3 is 0 Å². The molecule has 2 aromatic carbocycles. The van der Waals surface area contributed by atoms with E-state index in [0.717, 1.165) is 24.2 Å². The molecular formula is C23H33NO. The minimum Gasteiger partial charge on any atom is -0.386 e. The average molecular weight is 340 g/mol. The van der Waals surface area contributed by atoms with Crippen LogP contribution in [0.25, 0.3) is 0 Å². The van der Waals surface area contributed by atoms with Crippen molar-refractivity contribution < 1.29 is 5.11 Å². The minimum atomic E-state index is -0.804. The van der Waals surface area contributed by atoms with Crippen molar-refractivity contribution >= 4 is 0 Å². The van der Waals surface area contributed by atoms with E-state index in [1.54, 1.807) is 0 Å². The number of aryl methyl sites for hydroxylation is 1. The monoisotopic (exact) mass is 339 g/mol. The van der Waals surface area contributed by atoms with E-state index in [1.165, 1.54) is 16.7 Å². The molecule has 0 spiro atoms. The molecule has 0 saturated heterocycles. The summed E-state index contributed by atoms with van der Waals surface area (Å²) in [5.41, 5.74) is 5.46. The molecule has 0 amide bonds. The highest BCUT2D eigenvalue weighted by Crippen LogP contribution is 2.25. The summed E-state index contributed by atoms with van der Waals surface area (Å²) in [5.74, 6) is 0. The maximum absolute atomic E-state index is 10.3. The van der Waals surface area contributed by atoms with Gasteiger partial charge in [0.2, 0.25) is 0 Å². The number of nitrogens with zero attached hydrogens (tertiary/aromatic N) is 1. The van der Waals surface area contributed by atoms with Crippen LogP contribution in [0.15, 0.2) is 42.5 Å². The molecule has 0 unspecified atom stereocenters. The van der Waals surface area contributed by atoms with E-state index in [2.05, 4.69) is 82.1 Å². The Morgan fingerprint density at radius 3 is 1.88 bits per heavy atom. The van der Waals surface area contributed by atoms with E-state index in [1.807, 2.05) is 13.8 Å². The molecule has 0 aliphatic rings. The van der Waals surface area contributed by atoms with Crippen LogP contribution in [-0.4, -0.2) is 17.1 Å². The van der Waals surface area contributed by atoms with Gasteiger partial charge in [0.1, 0.15) is 0 Å². The Morgan fingerprint density at radius 1 is 0.840 bits per heavy atom. The van der Waals surface area contributed by atoms with Crippen LogP contribution in [0.2, 0.25) is 0 Å². The van der Waals surface area contributed by atoms with Crippen molar-refractivity contribution in [1.82, 2.24) is 4.90 Å². The molecule has 0 radical (unpaired) electrons. The van der Waals surface area contributed by atoms with Crippen molar-refractivity contribution in [2.24, 2.45) is 0 Å². The third kappa shape index (κ3) is 5.42. The summed E-state index contributed by atoms with van der Waals surface area (Å²) in [6.07, 6.45) is 0. The Labute approximate surface area is 153 Å². The fourth-order valence-electron chi connectivity index (χ4n) is 3.22. The first-order valence-corrected chi connectivity index (χ1v) is 9.07. The van der Waals surface area contributed by atoms with E-state index in [9.17, 15) is 5.11 Å². The predicted octanol–water partition coefficient (Wildman–Crippen LogP) is 5.15. The van der Waals surface area contributed by atoms with E-state index in [-0.39, 0.29) is 5.41 Å². The van der Waals surface area contributed by atoms with Crippen LogP contribution < -0.4 is 0 Å². The van der Waals surface area contributed by atoms with Gasteiger partial charge in [0.15, 0.2) is 0 Å². The molecule has 1 N–H and O–H groups in total. The van der Waals surface area contributed by atoms with Gasteiger partial charge < -0.3 is 5.11 Å². The lowest BCUT2D eigenvalue weighted by atomic mass is 9.87. The van der Waals surface area contributed by atoms with Crippen molar-refractivity contribution in [2.45, 2.75) is 65.6 Å². The van der Waals surface area contributed by atoms with Crippen LogP contribution in [0.5, 0.6) is 0 Å². The summed E-state index contributed by atoms with van der Waals surface area (Å²) in [6, 6.07) is 15.3. The lowest BCUT2D eigenvalue weighted by Crippen LogP contribution is -2.20. The van der Waals surface area contributed by atoms with Crippen molar-refractivity contribution in [3.05, 3.63) is 70.3 Å². The molecular weight excluding hydrogens is 306 g/mol. The topological polar surface area (TPSA) is 23.5 Å². The molecule has 0 bridgehead atoms. The third-order valence-electron chi connectivity index (χ3n) is 4.69. The Balaban J connectivity index is 2.06. The van der Waals surface area contributed by atoms with Gasteiger partial charge in [0.25, 0.3) is 0 Å². The van der Waals surface area contributed by atoms with Gasteiger partial charge in [-0.2, -0.15) is 0 Å². The molecule has 0 atom stereocenters. The largest absolute Gasteiger partial charge is 0.386 e. The maximum Gasteiger partial charge on any atom is 0.0843 e. The molecule has 0 heterocycles. The summed E-state index contributed by atoms with van der Waals surface area (Å²) in [6.45, 7) is 14.3. The summed E-state index contributed by atoms with van der Waals surface area (Å²) in [5, 5.41) is 10.3. The molecule has 136 valence electrons. The van der Waals surface area contributed by atoms with Crippen LogP contribution >= 0.6 is 0 Å². The Kier molecular flexibility index (Phi) is 5.75. The van der Waals surface area contributed by atoms with Crippen molar-refractivity contribution in [1.29, 1.82) is 0 Å². The first-order valence-electron chi connectivity index (χ1n) is 9.07. The first-order chi connectivity index (χ1) is 11.5. The Bertz CT molecular complexity index is 702. The Morgan fingerprint density at radius 2 is 1.36 bits per heavy atom. The molecule has 25 heavy (non-hydrogen) atoms. The number of rotatable bonds is 5. The second-order valence-corrected chi connectivity index (χ2v) is 8.83. The number of hydrogen-bond donors (Lipinski definition) is 1. The third-order valence-corrected chi connectivity index (χ3v) is 4.69. The quantitative estimate of drug-likeness (QED) is 0.814. The maximum atomic E-state index is 10.3. The lowest BCUT2D eigenvalue weighted by Gasteiger charge is -2.23. The highest BCUT2D eigenvalue weighted by Gasteiger charge is 2.19. The summed E-state index contributed by atoms with van der Waals surface area (Å²) < 4.78 is 0. The smallest absolute Gasteiger partial charge is 0.0843 e. The SMILES string of the molecule is Cc1ccc(CN(C)Cc2ccc(C(C)(C)C)cc2)cc1C(C)(C)O. The fraction of sp³-hybridized carbons (Fsp3) is 0.478. The number of aliphatic hydroxyl groups is 1. The van der Waals surface area contributed by atoms with Crippen LogP contribution in [0, 0.1) is 6.92 Å². The molecule has 0 fully saturated rings. The highest BCUT2D eigenvalue weighted by molar-refractivity contribution is 5.35. The van der Waals surface area contributed by atoms with Gasteiger partial charge in [-0.1, -0.05) is 63.2 Å². The lowest BCUT2D eigenvalue weighted by molar-refractivity contribution is 0.0777. The number of benzene rings is 2. The van der Waals surface area contributed by atoms with E-state index < -0.39 is 5.60 Å². The van der Waals surface area contributed by atoms with Crippen LogP contribution in [-0.2, 0) is 24.1 Å². The van der Waals surface area contributed by atoms with Crippen LogP contribution in [0.4, 0.5) is 0 Å². The van der Waals surface area contributed by atoms with Crippen molar-refractivity contribution in [3.8, 4) is 0 Å².